The highest BCUT2D eigenvalue weighted by molar-refractivity contribution is 5.75. The number of hydrogen-bond acceptors (Lipinski definition) is 5. The van der Waals surface area contributed by atoms with Gasteiger partial charge in [0.05, 0.1) is 19.8 Å². The predicted octanol–water partition coefficient (Wildman–Crippen LogP) is 1.11. The second-order valence-electron chi connectivity index (χ2n) is 4.90. The van der Waals surface area contributed by atoms with E-state index in [9.17, 15) is 4.79 Å². The summed E-state index contributed by atoms with van der Waals surface area (Å²) in [5.74, 6) is -0.232. The molecular weight excluding hydrogens is 234 g/mol. The van der Waals surface area contributed by atoms with Gasteiger partial charge in [0.1, 0.15) is 6.04 Å². The van der Waals surface area contributed by atoms with Crippen molar-refractivity contribution in [1.82, 2.24) is 5.32 Å². The van der Waals surface area contributed by atoms with Crippen molar-refractivity contribution in [3.05, 3.63) is 0 Å². The van der Waals surface area contributed by atoms with E-state index in [1.54, 1.807) is 0 Å². The van der Waals surface area contributed by atoms with Crippen LogP contribution < -0.4 is 5.32 Å². The predicted molar refractivity (Wildman–Crippen MR) is 68.5 cm³/mol. The van der Waals surface area contributed by atoms with Crippen molar-refractivity contribution in [3.8, 4) is 0 Å². The van der Waals surface area contributed by atoms with Crippen molar-refractivity contribution in [2.24, 2.45) is 0 Å². The maximum atomic E-state index is 11.5. The SMILES string of the molecule is COC(=O)C(CCOCC1CCCO1)NC(C)C. The summed E-state index contributed by atoms with van der Waals surface area (Å²) in [5, 5.41) is 3.17. The first-order valence-corrected chi connectivity index (χ1v) is 6.66. The molecule has 1 aliphatic rings. The first-order chi connectivity index (χ1) is 8.63. The van der Waals surface area contributed by atoms with Crippen LogP contribution >= 0.6 is 0 Å². The van der Waals surface area contributed by atoms with Crippen LogP contribution in [0.1, 0.15) is 33.1 Å². The van der Waals surface area contributed by atoms with Crippen LogP contribution in [0.15, 0.2) is 0 Å². The Hall–Kier alpha value is -0.650. The molecule has 0 spiro atoms. The molecule has 5 nitrogen and oxygen atoms in total. The van der Waals surface area contributed by atoms with Crippen LogP contribution in [-0.4, -0.2) is 51.1 Å². The van der Waals surface area contributed by atoms with E-state index in [4.69, 9.17) is 14.2 Å². The van der Waals surface area contributed by atoms with Crippen LogP contribution in [0.25, 0.3) is 0 Å². The van der Waals surface area contributed by atoms with Gasteiger partial charge in [-0.15, -0.1) is 0 Å². The molecule has 1 aliphatic heterocycles. The number of ether oxygens (including phenoxy) is 3. The number of esters is 1. The van der Waals surface area contributed by atoms with Crippen LogP contribution in [0.4, 0.5) is 0 Å². The molecule has 0 saturated carbocycles. The van der Waals surface area contributed by atoms with Crippen molar-refractivity contribution in [1.29, 1.82) is 0 Å². The smallest absolute Gasteiger partial charge is 0.322 e. The number of nitrogens with one attached hydrogen (secondary N) is 1. The largest absolute Gasteiger partial charge is 0.468 e. The van der Waals surface area contributed by atoms with E-state index in [1.165, 1.54) is 7.11 Å². The number of rotatable bonds is 8. The average Bonchev–Trinajstić information content (AvgIpc) is 2.84. The average molecular weight is 259 g/mol. The molecular formula is C13H25NO4. The molecule has 1 N–H and O–H groups in total. The van der Waals surface area contributed by atoms with Gasteiger partial charge < -0.3 is 19.5 Å². The van der Waals surface area contributed by atoms with Gasteiger partial charge in [-0.25, -0.2) is 0 Å². The normalized spacial score (nSPS) is 21.2. The van der Waals surface area contributed by atoms with Gasteiger partial charge in [0.15, 0.2) is 0 Å². The van der Waals surface area contributed by atoms with Crippen LogP contribution in [0, 0.1) is 0 Å². The molecule has 18 heavy (non-hydrogen) atoms. The molecule has 0 aliphatic carbocycles. The lowest BCUT2D eigenvalue weighted by Crippen LogP contribution is -2.42. The summed E-state index contributed by atoms with van der Waals surface area (Å²) in [5.41, 5.74) is 0. The number of hydrogen-bond donors (Lipinski definition) is 1. The van der Waals surface area contributed by atoms with Gasteiger partial charge >= 0.3 is 5.97 Å². The lowest BCUT2D eigenvalue weighted by Gasteiger charge is -2.19. The topological polar surface area (TPSA) is 56.8 Å². The maximum absolute atomic E-state index is 11.5. The van der Waals surface area contributed by atoms with E-state index < -0.39 is 0 Å². The molecule has 1 rings (SSSR count). The third-order valence-corrected chi connectivity index (χ3v) is 2.90. The van der Waals surface area contributed by atoms with Crippen LogP contribution in [-0.2, 0) is 19.0 Å². The summed E-state index contributed by atoms with van der Waals surface area (Å²) in [4.78, 5) is 11.5. The molecule has 1 heterocycles. The Morgan fingerprint density at radius 3 is 2.83 bits per heavy atom. The Labute approximate surface area is 109 Å². The van der Waals surface area contributed by atoms with Crippen molar-refractivity contribution >= 4 is 5.97 Å². The molecule has 0 aromatic heterocycles. The minimum absolute atomic E-state index is 0.232. The van der Waals surface area contributed by atoms with E-state index >= 15 is 0 Å². The van der Waals surface area contributed by atoms with Gasteiger partial charge in [0.25, 0.3) is 0 Å². The second kappa shape index (κ2) is 8.45. The number of carbonyl (C=O) groups excluding carboxylic acids is 1. The van der Waals surface area contributed by atoms with E-state index in [1.807, 2.05) is 13.8 Å². The highest BCUT2D eigenvalue weighted by Gasteiger charge is 2.20. The van der Waals surface area contributed by atoms with Crippen LogP contribution in [0.2, 0.25) is 0 Å². The molecule has 0 aromatic carbocycles. The summed E-state index contributed by atoms with van der Waals surface area (Å²) in [7, 11) is 1.41. The third-order valence-electron chi connectivity index (χ3n) is 2.90. The molecule has 1 saturated heterocycles. The fourth-order valence-electron chi connectivity index (χ4n) is 2.01. The molecule has 0 aromatic rings. The summed E-state index contributed by atoms with van der Waals surface area (Å²) in [6.45, 7) is 6.01. The Balaban J connectivity index is 2.17. The Morgan fingerprint density at radius 1 is 1.50 bits per heavy atom. The Bertz CT molecular complexity index is 239. The highest BCUT2D eigenvalue weighted by atomic mass is 16.5. The second-order valence-corrected chi connectivity index (χ2v) is 4.90. The van der Waals surface area contributed by atoms with Crippen LogP contribution in [0.3, 0.4) is 0 Å². The Kier molecular flexibility index (Phi) is 7.23. The molecule has 1 fully saturated rings. The number of methoxy groups -OCH3 is 1. The summed E-state index contributed by atoms with van der Waals surface area (Å²) < 4.78 is 15.8. The van der Waals surface area contributed by atoms with Gasteiger partial charge in [-0.3, -0.25) is 4.79 Å². The van der Waals surface area contributed by atoms with Crippen molar-refractivity contribution in [3.63, 3.8) is 0 Å². The molecule has 0 bridgehead atoms. The third kappa shape index (κ3) is 5.80. The van der Waals surface area contributed by atoms with Crippen molar-refractivity contribution in [2.75, 3.05) is 26.9 Å². The zero-order valence-corrected chi connectivity index (χ0v) is 11.6. The van der Waals surface area contributed by atoms with Crippen LogP contribution in [0.5, 0.6) is 0 Å². The minimum Gasteiger partial charge on any atom is -0.468 e. The fourth-order valence-corrected chi connectivity index (χ4v) is 2.01. The quantitative estimate of drug-likeness (QED) is 0.523. The molecule has 106 valence electrons. The first-order valence-electron chi connectivity index (χ1n) is 6.66. The van der Waals surface area contributed by atoms with Gasteiger partial charge in [-0.05, 0) is 19.3 Å². The van der Waals surface area contributed by atoms with E-state index in [0.717, 1.165) is 19.4 Å². The van der Waals surface area contributed by atoms with E-state index in [2.05, 4.69) is 5.32 Å². The number of carbonyl (C=O) groups is 1. The van der Waals surface area contributed by atoms with Gasteiger partial charge in [0, 0.05) is 19.3 Å². The molecule has 0 radical (unpaired) electrons. The van der Waals surface area contributed by atoms with E-state index in [0.29, 0.717) is 19.6 Å². The lowest BCUT2D eigenvalue weighted by molar-refractivity contribution is -0.144. The van der Waals surface area contributed by atoms with Gasteiger partial charge in [-0.2, -0.15) is 0 Å². The zero-order chi connectivity index (χ0) is 13.4. The maximum Gasteiger partial charge on any atom is 0.322 e. The Morgan fingerprint density at radius 2 is 2.28 bits per heavy atom. The molecule has 2 atom stereocenters. The zero-order valence-electron chi connectivity index (χ0n) is 11.6. The molecule has 2 unspecified atom stereocenters. The molecule has 0 amide bonds. The van der Waals surface area contributed by atoms with Gasteiger partial charge in [-0.1, -0.05) is 13.8 Å². The van der Waals surface area contributed by atoms with Crippen molar-refractivity contribution < 1.29 is 19.0 Å². The monoisotopic (exact) mass is 259 g/mol. The fraction of sp³-hybridized carbons (Fsp3) is 0.923. The highest BCUT2D eigenvalue weighted by Crippen LogP contribution is 2.12. The summed E-state index contributed by atoms with van der Waals surface area (Å²) in [6, 6.07) is -0.0493. The summed E-state index contributed by atoms with van der Waals surface area (Å²) >= 11 is 0. The molecule has 5 heteroatoms. The standard InChI is InChI=1S/C13H25NO4/c1-10(2)14-12(13(15)16-3)6-8-17-9-11-5-4-7-18-11/h10-12,14H,4-9H2,1-3H3. The van der Waals surface area contributed by atoms with Gasteiger partial charge in [0.2, 0.25) is 0 Å². The summed E-state index contributed by atoms with van der Waals surface area (Å²) in [6.07, 6.45) is 3.05. The first kappa shape index (κ1) is 15.4. The lowest BCUT2D eigenvalue weighted by atomic mass is 10.2. The van der Waals surface area contributed by atoms with Crippen molar-refractivity contribution in [2.45, 2.75) is 51.3 Å². The minimum atomic E-state index is -0.292. The van der Waals surface area contributed by atoms with E-state index in [-0.39, 0.29) is 24.2 Å².